The summed E-state index contributed by atoms with van der Waals surface area (Å²) in [6, 6.07) is 9.86. The normalized spacial score (nSPS) is 16.2. The maximum absolute atomic E-state index is 14.4. The maximum Gasteiger partial charge on any atom is 0.235 e. The van der Waals surface area contributed by atoms with Gasteiger partial charge in [0.2, 0.25) is 11.8 Å². The third kappa shape index (κ3) is 3.64. The fraction of sp³-hybridized carbons (Fsp3) is 0.368. The Bertz CT molecular complexity index is 728. The lowest BCUT2D eigenvalue weighted by molar-refractivity contribution is -0.125. The number of aromatic nitrogens is 1. The monoisotopic (exact) mass is 344 g/mol. The first-order valence-electron chi connectivity index (χ1n) is 8.39. The Labute approximate surface area is 146 Å². The van der Waals surface area contributed by atoms with E-state index in [1.165, 1.54) is 12.3 Å². The molecule has 0 atom stereocenters. The maximum atomic E-state index is 14.4. The van der Waals surface area contributed by atoms with Crippen molar-refractivity contribution < 1.29 is 18.7 Å². The number of ether oxygens (including phenoxy) is 2. The number of hydrogen-bond donors (Lipinski definition) is 1. The number of rotatable bonds is 5. The molecule has 0 bridgehead atoms. The Kier molecular flexibility index (Phi) is 5.28. The van der Waals surface area contributed by atoms with Crippen LogP contribution in [0.3, 0.4) is 0 Å². The summed E-state index contributed by atoms with van der Waals surface area (Å²) in [5, 5.41) is 2.87. The van der Waals surface area contributed by atoms with Crippen molar-refractivity contribution in [2.45, 2.75) is 25.2 Å². The molecule has 0 saturated carbocycles. The molecule has 1 aliphatic rings. The SMILES string of the molecule is CCOc1ccc(NC(=O)C2(c3ccccc3F)CCOCC2)cn1. The molecule has 1 saturated heterocycles. The van der Waals surface area contributed by atoms with Gasteiger partial charge in [-0.25, -0.2) is 9.37 Å². The lowest BCUT2D eigenvalue weighted by atomic mass is 9.73. The largest absolute Gasteiger partial charge is 0.478 e. The van der Waals surface area contributed by atoms with Gasteiger partial charge < -0.3 is 14.8 Å². The number of anilines is 1. The first kappa shape index (κ1) is 17.4. The van der Waals surface area contributed by atoms with Crippen LogP contribution in [-0.2, 0) is 14.9 Å². The minimum absolute atomic E-state index is 0.244. The molecule has 0 unspecified atom stereocenters. The highest BCUT2D eigenvalue weighted by Crippen LogP contribution is 2.37. The third-order valence-corrected chi connectivity index (χ3v) is 4.46. The van der Waals surface area contributed by atoms with Crippen LogP contribution in [0, 0.1) is 5.82 Å². The van der Waals surface area contributed by atoms with Crippen molar-refractivity contribution >= 4 is 11.6 Å². The summed E-state index contributed by atoms with van der Waals surface area (Å²) in [6.45, 7) is 3.24. The predicted molar refractivity (Wildman–Crippen MR) is 92.2 cm³/mol. The number of hydrogen-bond acceptors (Lipinski definition) is 4. The summed E-state index contributed by atoms with van der Waals surface area (Å²) in [6.07, 6.45) is 2.41. The molecule has 5 nitrogen and oxygen atoms in total. The Balaban J connectivity index is 1.86. The average Bonchev–Trinajstić information content (AvgIpc) is 2.64. The minimum atomic E-state index is -0.942. The molecule has 2 aromatic rings. The average molecular weight is 344 g/mol. The van der Waals surface area contributed by atoms with Crippen LogP contribution in [0.4, 0.5) is 10.1 Å². The molecule has 3 rings (SSSR count). The van der Waals surface area contributed by atoms with Gasteiger partial charge in [-0.1, -0.05) is 18.2 Å². The number of carbonyl (C=O) groups is 1. The summed E-state index contributed by atoms with van der Waals surface area (Å²) in [7, 11) is 0. The Hall–Kier alpha value is -2.47. The molecule has 25 heavy (non-hydrogen) atoms. The van der Waals surface area contributed by atoms with Gasteiger partial charge in [-0.3, -0.25) is 4.79 Å². The Morgan fingerprint density at radius 1 is 1.28 bits per heavy atom. The summed E-state index contributed by atoms with van der Waals surface area (Å²) >= 11 is 0. The second kappa shape index (κ2) is 7.61. The topological polar surface area (TPSA) is 60.5 Å². The van der Waals surface area contributed by atoms with Crippen LogP contribution in [-0.4, -0.2) is 30.7 Å². The molecule has 0 radical (unpaired) electrons. The van der Waals surface area contributed by atoms with E-state index in [9.17, 15) is 9.18 Å². The smallest absolute Gasteiger partial charge is 0.235 e. The number of nitrogens with one attached hydrogen (secondary N) is 1. The van der Waals surface area contributed by atoms with Gasteiger partial charge in [-0.05, 0) is 31.9 Å². The van der Waals surface area contributed by atoms with E-state index in [4.69, 9.17) is 9.47 Å². The van der Waals surface area contributed by atoms with Crippen molar-refractivity contribution in [2.75, 3.05) is 25.1 Å². The molecule has 1 N–H and O–H groups in total. The molecular formula is C19H21FN2O3. The van der Waals surface area contributed by atoms with Crippen LogP contribution >= 0.6 is 0 Å². The Morgan fingerprint density at radius 3 is 2.68 bits per heavy atom. The first-order chi connectivity index (χ1) is 12.2. The molecule has 0 aliphatic carbocycles. The van der Waals surface area contributed by atoms with Crippen molar-refractivity contribution in [2.24, 2.45) is 0 Å². The fourth-order valence-electron chi connectivity index (χ4n) is 3.13. The lowest BCUT2D eigenvalue weighted by Crippen LogP contribution is -2.45. The van der Waals surface area contributed by atoms with E-state index in [0.29, 0.717) is 49.8 Å². The fourth-order valence-corrected chi connectivity index (χ4v) is 3.13. The molecule has 1 aliphatic heterocycles. The predicted octanol–water partition coefficient (Wildman–Crippen LogP) is 3.31. The van der Waals surface area contributed by atoms with Crippen molar-refractivity contribution in [3.63, 3.8) is 0 Å². The summed E-state index contributed by atoms with van der Waals surface area (Å²) < 4.78 is 25.1. The van der Waals surface area contributed by atoms with Gasteiger partial charge in [0.1, 0.15) is 5.82 Å². The second-order valence-corrected chi connectivity index (χ2v) is 5.95. The van der Waals surface area contributed by atoms with E-state index in [0.717, 1.165) is 0 Å². The molecule has 1 aromatic carbocycles. The standard InChI is InChI=1S/C19H21FN2O3/c1-2-25-17-8-7-14(13-21-17)22-18(23)19(9-11-24-12-10-19)15-5-3-4-6-16(15)20/h3-8,13H,2,9-12H2,1H3,(H,22,23). The van der Waals surface area contributed by atoms with E-state index < -0.39 is 5.41 Å². The Morgan fingerprint density at radius 2 is 2.04 bits per heavy atom. The summed E-state index contributed by atoms with van der Waals surface area (Å²) in [5.74, 6) is -0.119. The van der Waals surface area contributed by atoms with Crippen LogP contribution in [0.25, 0.3) is 0 Å². The molecule has 1 amide bonds. The van der Waals surface area contributed by atoms with Crippen molar-refractivity contribution in [1.82, 2.24) is 4.98 Å². The van der Waals surface area contributed by atoms with Crippen molar-refractivity contribution in [1.29, 1.82) is 0 Å². The number of pyridine rings is 1. The van der Waals surface area contributed by atoms with Crippen LogP contribution in [0.2, 0.25) is 0 Å². The van der Waals surface area contributed by atoms with Gasteiger partial charge in [0, 0.05) is 24.8 Å². The lowest BCUT2D eigenvalue weighted by Gasteiger charge is -2.36. The van der Waals surface area contributed by atoms with Crippen LogP contribution in [0.1, 0.15) is 25.3 Å². The number of amides is 1. The van der Waals surface area contributed by atoms with E-state index in [2.05, 4.69) is 10.3 Å². The summed E-state index contributed by atoms with van der Waals surface area (Å²) in [5.41, 5.74) is 0.0210. The van der Waals surface area contributed by atoms with Crippen LogP contribution < -0.4 is 10.1 Å². The highest BCUT2D eigenvalue weighted by atomic mass is 19.1. The molecule has 1 aromatic heterocycles. The van der Waals surface area contributed by atoms with Crippen molar-refractivity contribution in [3.8, 4) is 5.88 Å². The first-order valence-corrected chi connectivity index (χ1v) is 8.39. The highest BCUT2D eigenvalue weighted by Gasteiger charge is 2.43. The number of carbonyl (C=O) groups excluding carboxylic acids is 1. The van der Waals surface area contributed by atoms with E-state index in [1.807, 2.05) is 6.92 Å². The zero-order valence-corrected chi connectivity index (χ0v) is 14.1. The summed E-state index contributed by atoms with van der Waals surface area (Å²) in [4.78, 5) is 17.2. The van der Waals surface area contributed by atoms with Crippen molar-refractivity contribution in [3.05, 3.63) is 54.0 Å². The van der Waals surface area contributed by atoms with E-state index >= 15 is 0 Å². The molecular weight excluding hydrogens is 323 g/mol. The van der Waals surface area contributed by atoms with E-state index in [1.54, 1.807) is 30.3 Å². The number of halogens is 1. The van der Waals surface area contributed by atoms with Crippen LogP contribution in [0.5, 0.6) is 5.88 Å². The molecule has 2 heterocycles. The third-order valence-electron chi connectivity index (χ3n) is 4.46. The molecule has 0 spiro atoms. The molecule has 1 fully saturated rings. The molecule has 6 heteroatoms. The zero-order chi connectivity index (χ0) is 17.7. The minimum Gasteiger partial charge on any atom is -0.478 e. The number of benzene rings is 1. The van der Waals surface area contributed by atoms with Gasteiger partial charge in [-0.15, -0.1) is 0 Å². The second-order valence-electron chi connectivity index (χ2n) is 5.95. The van der Waals surface area contributed by atoms with E-state index in [-0.39, 0.29) is 11.7 Å². The van der Waals surface area contributed by atoms with Gasteiger partial charge in [0.25, 0.3) is 0 Å². The van der Waals surface area contributed by atoms with Gasteiger partial charge in [0.15, 0.2) is 0 Å². The highest BCUT2D eigenvalue weighted by molar-refractivity contribution is 5.99. The van der Waals surface area contributed by atoms with Gasteiger partial charge in [-0.2, -0.15) is 0 Å². The molecule has 132 valence electrons. The number of nitrogens with zero attached hydrogens (tertiary/aromatic N) is 1. The van der Waals surface area contributed by atoms with Gasteiger partial charge in [0.05, 0.1) is 23.9 Å². The van der Waals surface area contributed by atoms with Gasteiger partial charge >= 0.3 is 0 Å². The zero-order valence-electron chi connectivity index (χ0n) is 14.1. The van der Waals surface area contributed by atoms with Crippen LogP contribution in [0.15, 0.2) is 42.6 Å². The quantitative estimate of drug-likeness (QED) is 0.904.